The van der Waals surface area contributed by atoms with Crippen LogP contribution in [0.25, 0.3) is 5.57 Å². The number of rotatable bonds is 5. The zero-order valence-corrected chi connectivity index (χ0v) is 12.7. The van der Waals surface area contributed by atoms with E-state index < -0.39 is 5.82 Å². The van der Waals surface area contributed by atoms with Crippen molar-refractivity contribution in [3.63, 3.8) is 0 Å². The molecule has 0 aliphatic carbocycles. The Balaban J connectivity index is 1.80. The minimum atomic E-state index is -0.485. The molecule has 0 spiro atoms. The number of nitriles is 1. The van der Waals surface area contributed by atoms with E-state index in [4.69, 9.17) is 14.7 Å². The average molecular weight is 330 g/mol. The van der Waals surface area contributed by atoms with Gasteiger partial charge in [-0.2, -0.15) is 10.5 Å². The van der Waals surface area contributed by atoms with Crippen molar-refractivity contribution in [1.29, 1.82) is 5.26 Å². The maximum atomic E-state index is 14.2. The van der Waals surface area contributed by atoms with Gasteiger partial charge in [0.2, 0.25) is 5.82 Å². The number of H-pyrrole nitrogens is 1. The van der Waals surface area contributed by atoms with Crippen molar-refractivity contribution in [3.05, 3.63) is 36.0 Å². The van der Waals surface area contributed by atoms with E-state index in [2.05, 4.69) is 25.9 Å². The van der Waals surface area contributed by atoms with E-state index in [0.29, 0.717) is 19.0 Å². The zero-order valence-electron chi connectivity index (χ0n) is 12.7. The number of hydrogen-bond acceptors (Lipinski definition) is 7. The molecule has 0 saturated carbocycles. The number of anilines is 1. The van der Waals surface area contributed by atoms with Crippen LogP contribution in [-0.4, -0.2) is 39.9 Å². The third-order valence-corrected chi connectivity index (χ3v) is 3.50. The Morgan fingerprint density at radius 2 is 2.29 bits per heavy atom. The molecule has 2 aromatic rings. The van der Waals surface area contributed by atoms with Crippen LogP contribution in [0.1, 0.15) is 18.7 Å². The van der Waals surface area contributed by atoms with Crippen LogP contribution >= 0.6 is 0 Å². The first kappa shape index (κ1) is 15.9. The van der Waals surface area contributed by atoms with Crippen LogP contribution < -0.4 is 10.1 Å². The van der Waals surface area contributed by atoms with Crippen molar-refractivity contribution in [2.75, 3.05) is 18.5 Å². The fraction of sp³-hybridized carbons (Fsp3) is 0.333. The van der Waals surface area contributed by atoms with Crippen LogP contribution in [0.4, 0.5) is 10.1 Å². The van der Waals surface area contributed by atoms with Gasteiger partial charge in [0, 0.05) is 19.0 Å². The number of hydrogen-bond donors (Lipinski definition) is 2. The molecule has 0 atom stereocenters. The van der Waals surface area contributed by atoms with Gasteiger partial charge in [-0.25, -0.2) is 4.39 Å². The summed E-state index contributed by atoms with van der Waals surface area (Å²) in [6.07, 6.45) is 2.79. The summed E-state index contributed by atoms with van der Waals surface area (Å²) in [6, 6.07) is 6.49. The highest BCUT2D eigenvalue weighted by atomic mass is 19.1. The molecule has 3 rings (SSSR count). The lowest BCUT2D eigenvalue weighted by molar-refractivity contribution is 0.0258. The molecule has 1 aromatic heterocycles. The van der Waals surface area contributed by atoms with Gasteiger partial charge in [0.15, 0.2) is 0 Å². The van der Waals surface area contributed by atoms with E-state index in [1.807, 2.05) is 6.07 Å². The van der Waals surface area contributed by atoms with Crippen LogP contribution in [0, 0.1) is 17.1 Å². The van der Waals surface area contributed by atoms with Crippen LogP contribution in [0.5, 0.6) is 5.75 Å². The smallest absolute Gasteiger partial charge is 0.216 e. The Morgan fingerprint density at radius 3 is 3.00 bits per heavy atom. The molecule has 2 heterocycles. The summed E-state index contributed by atoms with van der Waals surface area (Å²) in [5, 5.41) is 25.0. The standard InChI is InChI=1S/C15H15FN6O2/c16-12-2-1-3-13(24-11-4-6-23-7-5-11)14(12)18-9-10(8-17)15-19-21-22-20-15/h1-3,9,11,18H,4-7H2,(H,19,20,21,22). The molecule has 0 amide bonds. The quantitative estimate of drug-likeness (QED) is 0.806. The Bertz CT molecular complexity index is 750. The van der Waals surface area contributed by atoms with Gasteiger partial charge >= 0.3 is 0 Å². The van der Waals surface area contributed by atoms with Crippen molar-refractivity contribution in [3.8, 4) is 11.8 Å². The van der Waals surface area contributed by atoms with Gasteiger partial charge in [-0.15, -0.1) is 10.2 Å². The normalized spacial score (nSPS) is 15.8. The molecular weight excluding hydrogens is 315 g/mol. The molecule has 2 N–H and O–H groups in total. The van der Waals surface area contributed by atoms with Gasteiger partial charge in [0.1, 0.15) is 35.0 Å². The van der Waals surface area contributed by atoms with E-state index in [9.17, 15) is 4.39 Å². The zero-order chi connectivity index (χ0) is 16.8. The van der Waals surface area contributed by atoms with Crippen LogP contribution in [-0.2, 0) is 4.74 Å². The maximum absolute atomic E-state index is 14.2. The molecule has 9 heteroatoms. The summed E-state index contributed by atoms with van der Waals surface area (Å²) < 4.78 is 25.3. The van der Waals surface area contributed by atoms with E-state index >= 15 is 0 Å². The highest BCUT2D eigenvalue weighted by molar-refractivity contribution is 5.75. The largest absolute Gasteiger partial charge is 0.488 e. The number of benzene rings is 1. The third-order valence-electron chi connectivity index (χ3n) is 3.50. The first-order valence-electron chi connectivity index (χ1n) is 7.41. The van der Waals surface area contributed by atoms with Gasteiger partial charge in [-0.3, -0.25) is 0 Å². The maximum Gasteiger partial charge on any atom is 0.216 e. The summed E-state index contributed by atoms with van der Waals surface area (Å²) in [7, 11) is 0. The number of tetrazole rings is 1. The van der Waals surface area contributed by atoms with E-state index in [-0.39, 0.29) is 23.2 Å². The Hall–Kier alpha value is -2.99. The van der Waals surface area contributed by atoms with Crippen molar-refractivity contribution in [2.45, 2.75) is 18.9 Å². The van der Waals surface area contributed by atoms with Crippen LogP contribution in [0.2, 0.25) is 0 Å². The molecule has 1 aromatic carbocycles. The molecule has 8 nitrogen and oxygen atoms in total. The van der Waals surface area contributed by atoms with E-state index in [0.717, 1.165) is 12.8 Å². The number of nitrogens with zero attached hydrogens (tertiary/aromatic N) is 4. The average Bonchev–Trinajstić information content (AvgIpc) is 3.13. The van der Waals surface area contributed by atoms with E-state index in [1.165, 1.54) is 12.3 Å². The molecule has 24 heavy (non-hydrogen) atoms. The number of ether oxygens (including phenoxy) is 2. The van der Waals surface area contributed by atoms with Gasteiger partial charge in [-0.05, 0) is 17.3 Å². The first-order valence-corrected chi connectivity index (χ1v) is 7.41. The molecule has 1 fully saturated rings. The second kappa shape index (κ2) is 7.52. The van der Waals surface area contributed by atoms with Crippen molar-refractivity contribution >= 4 is 11.3 Å². The highest BCUT2D eigenvalue weighted by Crippen LogP contribution is 2.30. The van der Waals surface area contributed by atoms with E-state index in [1.54, 1.807) is 12.1 Å². The summed E-state index contributed by atoms with van der Waals surface area (Å²) in [6.45, 7) is 1.25. The number of allylic oxidation sites excluding steroid dienone is 1. The molecule has 1 aliphatic heterocycles. The Kier molecular flexibility index (Phi) is 4.98. The lowest BCUT2D eigenvalue weighted by Gasteiger charge is -2.24. The third kappa shape index (κ3) is 3.67. The Labute approximate surface area is 137 Å². The number of aromatic amines is 1. The fourth-order valence-corrected chi connectivity index (χ4v) is 2.28. The minimum Gasteiger partial charge on any atom is -0.488 e. The summed E-state index contributed by atoms with van der Waals surface area (Å²) in [5.74, 6) is 0.0120. The number of aromatic nitrogens is 4. The molecular formula is C15H15FN6O2. The molecule has 0 bridgehead atoms. The summed E-state index contributed by atoms with van der Waals surface area (Å²) in [5.41, 5.74) is 0.268. The minimum absolute atomic E-state index is 0.0299. The summed E-state index contributed by atoms with van der Waals surface area (Å²) >= 11 is 0. The lowest BCUT2D eigenvalue weighted by Crippen LogP contribution is -2.26. The van der Waals surface area contributed by atoms with Crippen molar-refractivity contribution in [2.24, 2.45) is 0 Å². The molecule has 0 unspecified atom stereocenters. The molecule has 1 saturated heterocycles. The predicted molar refractivity (Wildman–Crippen MR) is 82.3 cm³/mol. The Morgan fingerprint density at radius 1 is 1.46 bits per heavy atom. The number of nitrogens with one attached hydrogen (secondary N) is 2. The van der Waals surface area contributed by atoms with Gasteiger partial charge in [0.05, 0.1) is 13.2 Å². The van der Waals surface area contributed by atoms with Crippen molar-refractivity contribution < 1.29 is 13.9 Å². The van der Waals surface area contributed by atoms with Gasteiger partial charge < -0.3 is 14.8 Å². The molecule has 1 aliphatic rings. The topological polar surface area (TPSA) is 109 Å². The summed E-state index contributed by atoms with van der Waals surface area (Å²) in [4.78, 5) is 0. The van der Waals surface area contributed by atoms with Gasteiger partial charge in [-0.1, -0.05) is 6.07 Å². The van der Waals surface area contributed by atoms with Gasteiger partial charge in [0.25, 0.3) is 0 Å². The number of halogens is 1. The predicted octanol–water partition coefficient (Wildman–Crippen LogP) is 1.87. The lowest BCUT2D eigenvalue weighted by atomic mass is 10.1. The fourth-order valence-electron chi connectivity index (χ4n) is 2.28. The SMILES string of the molecule is N#CC(=CNc1c(F)cccc1OC1CCOCC1)c1nn[nH]n1. The monoisotopic (exact) mass is 330 g/mol. The second-order valence-corrected chi connectivity index (χ2v) is 5.09. The second-order valence-electron chi connectivity index (χ2n) is 5.09. The molecule has 124 valence electrons. The first-order chi connectivity index (χ1) is 11.8. The molecule has 0 radical (unpaired) electrons. The van der Waals surface area contributed by atoms with Crippen LogP contribution in [0.3, 0.4) is 0 Å². The van der Waals surface area contributed by atoms with Crippen molar-refractivity contribution in [1.82, 2.24) is 20.6 Å². The number of para-hydroxylation sites is 1. The van der Waals surface area contributed by atoms with Crippen LogP contribution in [0.15, 0.2) is 24.4 Å². The highest BCUT2D eigenvalue weighted by Gasteiger charge is 2.18.